The van der Waals surface area contributed by atoms with Crippen LogP contribution in [0, 0.1) is 0 Å². The molecule has 31 heavy (non-hydrogen) atoms. The maximum Gasteiger partial charge on any atom is 0.375 e. The van der Waals surface area contributed by atoms with Crippen LogP contribution in [0.4, 0.5) is 5.82 Å². The summed E-state index contributed by atoms with van der Waals surface area (Å²) in [6.07, 6.45) is 7.66. The second-order valence-corrected chi connectivity index (χ2v) is 9.19. The van der Waals surface area contributed by atoms with Gasteiger partial charge in [-0.3, -0.25) is 4.79 Å². The van der Waals surface area contributed by atoms with E-state index in [-0.39, 0.29) is 5.76 Å². The molecule has 1 fully saturated rings. The summed E-state index contributed by atoms with van der Waals surface area (Å²) in [4.78, 5) is 28.9. The molecule has 1 aromatic carbocycles. The molecule has 0 unspecified atom stereocenters. The number of hydrogen-bond donors (Lipinski definition) is 1. The van der Waals surface area contributed by atoms with E-state index in [2.05, 4.69) is 10.3 Å². The number of fused-ring (bicyclic) bond motifs is 1. The van der Waals surface area contributed by atoms with Crippen LogP contribution in [-0.4, -0.2) is 28.7 Å². The molecule has 1 amide bonds. The van der Waals surface area contributed by atoms with E-state index in [1.165, 1.54) is 38.3 Å². The quantitative estimate of drug-likeness (QED) is 0.448. The molecule has 0 saturated heterocycles. The van der Waals surface area contributed by atoms with Gasteiger partial charge in [0, 0.05) is 28.1 Å². The number of nitrogens with zero attached hydrogens (tertiary/aromatic N) is 1. The molecule has 0 radical (unpaired) electrons. The SMILES string of the molecule is O=C(COC(=O)c1oc2ccccc2c1CSC1CCCCC1)Nc1ccc(Cl)cn1. The number of para-hydroxylation sites is 1. The van der Waals surface area contributed by atoms with Crippen LogP contribution >= 0.6 is 23.4 Å². The van der Waals surface area contributed by atoms with Crippen LogP contribution in [0.1, 0.15) is 48.2 Å². The van der Waals surface area contributed by atoms with Crippen LogP contribution in [-0.2, 0) is 15.3 Å². The monoisotopic (exact) mass is 458 g/mol. The van der Waals surface area contributed by atoms with E-state index in [4.69, 9.17) is 20.8 Å². The van der Waals surface area contributed by atoms with Gasteiger partial charge in [0.2, 0.25) is 5.76 Å². The smallest absolute Gasteiger partial charge is 0.375 e. The van der Waals surface area contributed by atoms with Gasteiger partial charge in [-0.25, -0.2) is 9.78 Å². The third kappa shape index (κ3) is 5.60. The third-order valence-corrected chi connectivity index (χ3v) is 6.85. The van der Waals surface area contributed by atoms with Crippen molar-refractivity contribution in [1.29, 1.82) is 0 Å². The molecule has 2 aromatic heterocycles. The first kappa shape index (κ1) is 21.7. The number of halogens is 1. The first-order chi connectivity index (χ1) is 15.1. The number of nitrogens with one attached hydrogen (secondary N) is 1. The molecule has 162 valence electrons. The number of benzene rings is 1. The zero-order valence-electron chi connectivity index (χ0n) is 16.9. The Bertz CT molecular complexity index is 1060. The van der Waals surface area contributed by atoms with Crippen molar-refractivity contribution in [3.05, 3.63) is 58.9 Å². The number of ether oxygens (including phenoxy) is 1. The first-order valence-electron chi connectivity index (χ1n) is 10.3. The Labute approximate surface area is 189 Å². The Morgan fingerprint density at radius 2 is 1.97 bits per heavy atom. The number of esters is 1. The molecule has 4 rings (SSSR count). The lowest BCUT2D eigenvalue weighted by Gasteiger charge is -2.20. The van der Waals surface area contributed by atoms with Crippen LogP contribution in [0.2, 0.25) is 5.02 Å². The van der Waals surface area contributed by atoms with Gasteiger partial charge < -0.3 is 14.5 Å². The number of furan rings is 1. The van der Waals surface area contributed by atoms with Crippen LogP contribution in [0.15, 0.2) is 47.0 Å². The van der Waals surface area contributed by atoms with E-state index < -0.39 is 18.5 Å². The van der Waals surface area contributed by atoms with E-state index in [1.54, 1.807) is 12.1 Å². The number of aromatic nitrogens is 1. The van der Waals surface area contributed by atoms with E-state index in [0.717, 1.165) is 10.9 Å². The largest absolute Gasteiger partial charge is 0.450 e. The van der Waals surface area contributed by atoms with E-state index >= 15 is 0 Å². The number of rotatable bonds is 7. The first-order valence-corrected chi connectivity index (χ1v) is 11.7. The van der Waals surface area contributed by atoms with E-state index in [0.29, 0.717) is 27.4 Å². The molecule has 1 aliphatic carbocycles. The Hall–Kier alpha value is -2.51. The van der Waals surface area contributed by atoms with Crippen molar-refractivity contribution in [1.82, 2.24) is 4.98 Å². The van der Waals surface area contributed by atoms with Crippen molar-refractivity contribution < 1.29 is 18.7 Å². The van der Waals surface area contributed by atoms with Gasteiger partial charge in [0.1, 0.15) is 11.4 Å². The van der Waals surface area contributed by atoms with Gasteiger partial charge in [0.15, 0.2) is 6.61 Å². The van der Waals surface area contributed by atoms with Crippen molar-refractivity contribution in [2.24, 2.45) is 0 Å². The number of anilines is 1. The molecule has 1 saturated carbocycles. The van der Waals surface area contributed by atoms with Gasteiger partial charge in [-0.2, -0.15) is 11.8 Å². The van der Waals surface area contributed by atoms with Crippen molar-refractivity contribution >= 4 is 52.0 Å². The molecular formula is C23H23ClN2O4S. The number of carbonyl (C=O) groups excluding carboxylic acids is 2. The molecule has 0 aliphatic heterocycles. The average Bonchev–Trinajstić information content (AvgIpc) is 3.17. The van der Waals surface area contributed by atoms with Gasteiger partial charge >= 0.3 is 5.97 Å². The fourth-order valence-corrected chi connectivity index (χ4v) is 5.13. The number of carbonyl (C=O) groups is 2. The molecule has 2 heterocycles. The van der Waals surface area contributed by atoms with Crippen LogP contribution in [0.3, 0.4) is 0 Å². The van der Waals surface area contributed by atoms with Crippen molar-refractivity contribution in [2.45, 2.75) is 43.1 Å². The minimum Gasteiger partial charge on any atom is -0.450 e. The van der Waals surface area contributed by atoms with Crippen molar-refractivity contribution in [3.8, 4) is 0 Å². The summed E-state index contributed by atoms with van der Waals surface area (Å²) in [5, 5.41) is 4.54. The second-order valence-electron chi connectivity index (χ2n) is 7.46. The Morgan fingerprint density at radius 3 is 2.74 bits per heavy atom. The highest BCUT2D eigenvalue weighted by molar-refractivity contribution is 7.99. The van der Waals surface area contributed by atoms with Gasteiger partial charge in [-0.15, -0.1) is 0 Å². The van der Waals surface area contributed by atoms with Crippen molar-refractivity contribution in [2.75, 3.05) is 11.9 Å². The summed E-state index contributed by atoms with van der Waals surface area (Å²) >= 11 is 7.65. The van der Waals surface area contributed by atoms with Gasteiger partial charge in [-0.1, -0.05) is 49.1 Å². The molecule has 1 N–H and O–H groups in total. The van der Waals surface area contributed by atoms with Gasteiger partial charge in [0.05, 0.1) is 5.02 Å². The topological polar surface area (TPSA) is 81.4 Å². The highest BCUT2D eigenvalue weighted by atomic mass is 35.5. The molecule has 0 atom stereocenters. The lowest BCUT2D eigenvalue weighted by molar-refractivity contribution is -0.119. The summed E-state index contributed by atoms with van der Waals surface area (Å²) in [6, 6.07) is 10.8. The van der Waals surface area contributed by atoms with Gasteiger partial charge in [-0.05, 0) is 31.0 Å². The summed E-state index contributed by atoms with van der Waals surface area (Å²) < 4.78 is 11.1. The predicted octanol–water partition coefficient (Wildman–Crippen LogP) is 5.84. The third-order valence-electron chi connectivity index (χ3n) is 5.23. The highest BCUT2D eigenvalue weighted by Gasteiger charge is 2.24. The molecule has 8 heteroatoms. The number of thioether (sulfide) groups is 1. The van der Waals surface area contributed by atoms with Crippen molar-refractivity contribution in [3.63, 3.8) is 0 Å². The normalized spacial score (nSPS) is 14.5. The zero-order chi connectivity index (χ0) is 21.6. The molecular weight excluding hydrogens is 436 g/mol. The summed E-state index contributed by atoms with van der Waals surface area (Å²) in [7, 11) is 0. The van der Waals surface area contributed by atoms with Crippen LogP contribution < -0.4 is 5.32 Å². The minimum absolute atomic E-state index is 0.168. The van der Waals surface area contributed by atoms with Crippen LogP contribution in [0.25, 0.3) is 11.0 Å². The average molecular weight is 459 g/mol. The Kier molecular flexibility index (Phi) is 7.14. The number of hydrogen-bond acceptors (Lipinski definition) is 6. The van der Waals surface area contributed by atoms with E-state index in [1.807, 2.05) is 36.0 Å². The standard InChI is InChI=1S/C23H23ClN2O4S/c24-15-10-11-20(25-12-15)26-21(27)13-29-23(28)22-18(14-31-16-6-2-1-3-7-16)17-8-4-5-9-19(17)30-22/h4-5,8-12,16H,1-3,6-7,13-14H2,(H,25,26,27). The molecule has 6 nitrogen and oxygen atoms in total. The summed E-state index contributed by atoms with van der Waals surface area (Å²) in [5.74, 6) is 0.0419. The Balaban J connectivity index is 1.42. The fraction of sp³-hybridized carbons (Fsp3) is 0.348. The zero-order valence-corrected chi connectivity index (χ0v) is 18.5. The minimum atomic E-state index is -0.644. The maximum atomic E-state index is 12.7. The summed E-state index contributed by atoms with van der Waals surface area (Å²) in [5.41, 5.74) is 1.47. The van der Waals surface area contributed by atoms with E-state index in [9.17, 15) is 9.59 Å². The molecule has 0 bridgehead atoms. The fourth-order valence-electron chi connectivity index (χ4n) is 3.67. The number of amides is 1. The van der Waals surface area contributed by atoms with Crippen LogP contribution in [0.5, 0.6) is 0 Å². The lowest BCUT2D eigenvalue weighted by atomic mass is 10.0. The Morgan fingerprint density at radius 1 is 1.16 bits per heavy atom. The lowest BCUT2D eigenvalue weighted by Crippen LogP contribution is -2.21. The predicted molar refractivity (Wildman–Crippen MR) is 123 cm³/mol. The maximum absolute atomic E-state index is 12.7. The molecule has 0 spiro atoms. The second kappa shape index (κ2) is 10.2. The summed E-state index contributed by atoms with van der Waals surface area (Å²) in [6.45, 7) is -0.435. The number of pyridine rings is 1. The molecule has 1 aliphatic rings. The molecule has 3 aromatic rings. The van der Waals surface area contributed by atoms with Gasteiger partial charge in [0.25, 0.3) is 5.91 Å². The highest BCUT2D eigenvalue weighted by Crippen LogP contribution is 2.35.